The summed E-state index contributed by atoms with van der Waals surface area (Å²) in [5.74, 6) is 0. The zero-order valence-electron chi connectivity index (χ0n) is 11.1. The smallest absolute Gasteiger partial charge is 0.0302 e. The van der Waals surface area contributed by atoms with Crippen molar-refractivity contribution in [2.24, 2.45) is 0 Å². The number of hydrogen-bond acceptors (Lipinski definition) is 2. The number of likely N-dealkylation sites (N-methyl/N-ethyl adjacent to an activating group) is 1. The van der Waals surface area contributed by atoms with Crippen molar-refractivity contribution in [2.45, 2.75) is 39.5 Å². The molecule has 0 bridgehead atoms. The number of nitrogens with one attached hydrogen (secondary N) is 1. The highest BCUT2D eigenvalue weighted by Crippen LogP contribution is 2.01. The summed E-state index contributed by atoms with van der Waals surface area (Å²) in [7, 11) is 0. The van der Waals surface area contributed by atoms with Crippen molar-refractivity contribution in [3.05, 3.63) is 24.9 Å². The molecular weight excluding hydrogens is 196 g/mol. The predicted molar refractivity (Wildman–Crippen MR) is 73.6 cm³/mol. The molecule has 0 fully saturated rings. The molecule has 0 saturated heterocycles. The molecule has 0 rings (SSSR count). The van der Waals surface area contributed by atoms with Gasteiger partial charge in [-0.2, -0.15) is 0 Å². The first-order valence-corrected chi connectivity index (χ1v) is 6.53. The Kier molecular flexibility index (Phi) is 10.2. The van der Waals surface area contributed by atoms with Crippen molar-refractivity contribution in [3.63, 3.8) is 0 Å². The molecular formula is C14H28N2. The summed E-state index contributed by atoms with van der Waals surface area (Å²) in [4.78, 5) is 2.24. The maximum atomic E-state index is 3.96. The van der Waals surface area contributed by atoms with Crippen LogP contribution in [-0.2, 0) is 0 Å². The third kappa shape index (κ3) is 7.52. The first kappa shape index (κ1) is 15.2. The van der Waals surface area contributed by atoms with E-state index >= 15 is 0 Å². The molecule has 0 aromatic carbocycles. The van der Waals surface area contributed by atoms with Crippen molar-refractivity contribution in [3.8, 4) is 0 Å². The molecule has 0 saturated carbocycles. The van der Waals surface area contributed by atoms with Crippen LogP contribution in [0.2, 0.25) is 0 Å². The van der Waals surface area contributed by atoms with E-state index in [9.17, 15) is 0 Å². The van der Waals surface area contributed by atoms with Gasteiger partial charge >= 0.3 is 0 Å². The lowest BCUT2D eigenvalue weighted by Gasteiger charge is -2.23. The topological polar surface area (TPSA) is 15.3 Å². The second-order valence-corrected chi connectivity index (χ2v) is 4.09. The van der Waals surface area contributed by atoms with Crippen LogP contribution in [0.4, 0.5) is 0 Å². The second kappa shape index (κ2) is 10.7. The highest BCUT2D eigenvalue weighted by molar-refractivity contribution is 5.09. The maximum absolute atomic E-state index is 3.96. The molecule has 0 spiro atoms. The summed E-state index contributed by atoms with van der Waals surface area (Å²) in [5, 5.41) is 3.47. The molecule has 0 unspecified atom stereocenters. The first-order valence-electron chi connectivity index (χ1n) is 6.53. The Morgan fingerprint density at radius 2 is 1.94 bits per heavy atom. The lowest BCUT2D eigenvalue weighted by atomic mass is 10.2. The average molecular weight is 224 g/mol. The Morgan fingerprint density at radius 3 is 2.50 bits per heavy atom. The van der Waals surface area contributed by atoms with Gasteiger partial charge in [0.1, 0.15) is 0 Å². The van der Waals surface area contributed by atoms with Gasteiger partial charge in [0.25, 0.3) is 0 Å². The Morgan fingerprint density at radius 1 is 1.19 bits per heavy atom. The summed E-state index contributed by atoms with van der Waals surface area (Å²) in [6, 6.07) is 0. The van der Waals surface area contributed by atoms with Crippen LogP contribution in [-0.4, -0.2) is 31.1 Å². The van der Waals surface area contributed by atoms with Crippen LogP contribution in [0, 0.1) is 0 Å². The van der Waals surface area contributed by atoms with Gasteiger partial charge in [-0.05, 0) is 26.0 Å². The minimum atomic E-state index is 1.00. The van der Waals surface area contributed by atoms with Crippen molar-refractivity contribution >= 4 is 0 Å². The first-order chi connectivity index (χ1) is 7.76. The van der Waals surface area contributed by atoms with E-state index in [1.807, 2.05) is 6.08 Å². The summed E-state index contributed by atoms with van der Waals surface area (Å²) in [5.41, 5.74) is 1.02. The highest BCUT2D eigenvalue weighted by Gasteiger charge is 2.00. The molecule has 94 valence electrons. The lowest BCUT2D eigenvalue weighted by molar-refractivity contribution is 0.369. The highest BCUT2D eigenvalue weighted by atomic mass is 15.1. The fraction of sp³-hybridized carbons (Fsp3) is 0.714. The van der Waals surface area contributed by atoms with Gasteiger partial charge in [-0.1, -0.05) is 39.3 Å². The maximum Gasteiger partial charge on any atom is 0.0302 e. The van der Waals surface area contributed by atoms with E-state index in [-0.39, 0.29) is 0 Å². The van der Waals surface area contributed by atoms with Crippen LogP contribution >= 0.6 is 0 Å². The van der Waals surface area contributed by atoms with Gasteiger partial charge in [0.2, 0.25) is 0 Å². The average Bonchev–Trinajstić information content (AvgIpc) is 2.32. The van der Waals surface area contributed by atoms with Gasteiger partial charge in [0, 0.05) is 25.3 Å². The minimum Gasteiger partial charge on any atom is -0.371 e. The summed E-state index contributed by atoms with van der Waals surface area (Å²) < 4.78 is 0. The fourth-order valence-corrected chi connectivity index (χ4v) is 1.65. The minimum absolute atomic E-state index is 1.00. The number of nitrogens with zero attached hydrogens (tertiary/aromatic N) is 1. The zero-order valence-corrected chi connectivity index (χ0v) is 11.1. The fourth-order valence-electron chi connectivity index (χ4n) is 1.65. The Bertz CT molecular complexity index is 187. The Balaban J connectivity index is 3.41. The monoisotopic (exact) mass is 224 g/mol. The van der Waals surface area contributed by atoms with E-state index in [1.165, 1.54) is 25.7 Å². The van der Waals surface area contributed by atoms with Gasteiger partial charge in [0.05, 0.1) is 0 Å². The van der Waals surface area contributed by atoms with E-state index in [0.29, 0.717) is 0 Å². The zero-order chi connectivity index (χ0) is 12.2. The molecule has 1 N–H and O–H groups in total. The predicted octanol–water partition coefficient (Wildman–Crippen LogP) is 3.18. The molecule has 2 heteroatoms. The quantitative estimate of drug-likeness (QED) is 0.428. The molecule has 0 aliphatic carbocycles. The summed E-state index contributed by atoms with van der Waals surface area (Å²) in [6.45, 7) is 16.3. The van der Waals surface area contributed by atoms with Crippen LogP contribution in [0.5, 0.6) is 0 Å². The van der Waals surface area contributed by atoms with Crippen LogP contribution in [0.1, 0.15) is 39.5 Å². The molecule has 0 aromatic heterocycles. The number of hydrogen-bond donors (Lipinski definition) is 1. The van der Waals surface area contributed by atoms with Gasteiger partial charge in [-0.15, -0.1) is 0 Å². The summed E-state index contributed by atoms with van der Waals surface area (Å²) >= 11 is 0. The number of rotatable bonds is 11. The summed E-state index contributed by atoms with van der Waals surface area (Å²) in [6.07, 6.45) is 7.13. The van der Waals surface area contributed by atoms with E-state index < -0.39 is 0 Å². The van der Waals surface area contributed by atoms with Crippen LogP contribution < -0.4 is 5.32 Å². The van der Waals surface area contributed by atoms with Gasteiger partial charge < -0.3 is 10.2 Å². The SMILES string of the molecule is C=CC(=C)N(CC)CCNCCCCCC. The van der Waals surface area contributed by atoms with E-state index in [4.69, 9.17) is 0 Å². The molecule has 0 aliphatic heterocycles. The third-order valence-corrected chi connectivity index (χ3v) is 2.79. The van der Waals surface area contributed by atoms with Crippen molar-refractivity contribution in [1.29, 1.82) is 0 Å². The van der Waals surface area contributed by atoms with Crippen LogP contribution in [0.3, 0.4) is 0 Å². The van der Waals surface area contributed by atoms with Crippen molar-refractivity contribution < 1.29 is 0 Å². The largest absolute Gasteiger partial charge is 0.371 e. The second-order valence-electron chi connectivity index (χ2n) is 4.09. The molecule has 0 atom stereocenters. The molecule has 0 radical (unpaired) electrons. The third-order valence-electron chi connectivity index (χ3n) is 2.79. The molecule has 16 heavy (non-hydrogen) atoms. The molecule has 2 nitrogen and oxygen atoms in total. The van der Waals surface area contributed by atoms with E-state index in [1.54, 1.807) is 0 Å². The lowest BCUT2D eigenvalue weighted by Crippen LogP contribution is -2.31. The van der Waals surface area contributed by atoms with Gasteiger partial charge in [-0.25, -0.2) is 0 Å². The Hall–Kier alpha value is -0.760. The van der Waals surface area contributed by atoms with E-state index in [2.05, 4.69) is 37.2 Å². The molecule has 0 amide bonds. The van der Waals surface area contributed by atoms with Crippen molar-refractivity contribution in [1.82, 2.24) is 10.2 Å². The molecule has 0 heterocycles. The van der Waals surface area contributed by atoms with Crippen LogP contribution in [0.25, 0.3) is 0 Å². The van der Waals surface area contributed by atoms with Crippen molar-refractivity contribution in [2.75, 3.05) is 26.2 Å². The van der Waals surface area contributed by atoms with E-state index in [0.717, 1.165) is 31.9 Å². The van der Waals surface area contributed by atoms with Crippen LogP contribution in [0.15, 0.2) is 24.9 Å². The van der Waals surface area contributed by atoms with Gasteiger partial charge in [-0.3, -0.25) is 0 Å². The van der Waals surface area contributed by atoms with Gasteiger partial charge in [0.15, 0.2) is 0 Å². The number of unbranched alkanes of at least 4 members (excludes halogenated alkanes) is 3. The molecule has 0 aromatic rings. The number of allylic oxidation sites excluding steroid dienone is 1. The molecule has 0 aliphatic rings. The Labute approximate surface area is 101 Å². The normalized spacial score (nSPS) is 10.1. The standard InChI is InChI=1S/C14H28N2/c1-5-8-9-10-11-15-12-13-16(7-3)14(4)6-2/h6,15H,2,4-5,7-13H2,1,3H3.